The van der Waals surface area contributed by atoms with E-state index in [1.54, 1.807) is 6.26 Å². The Labute approximate surface area is 326 Å². The molecule has 0 amide bonds. The van der Waals surface area contributed by atoms with Gasteiger partial charge in [-0.15, -0.1) is 29.1 Å². The summed E-state index contributed by atoms with van der Waals surface area (Å²) >= 11 is 0. The van der Waals surface area contributed by atoms with Crippen LogP contribution >= 0.6 is 0 Å². The Kier molecular flexibility index (Phi) is 14.3. The minimum absolute atomic E-state index is 0. The molecule has 5 nitrogen and oxygen atoms in total. The average molecular weight is 880 g/mol. The molecule has 2 aromatic carbocycles. The second-order valence-corrected chi connectivity index (χ2v) is 16.0. The molecule has 0 atom stereocenters. The van der Waals surface area contributed by atoms with Gasteiger partial charge in [-0.05, 0) is 72.8 Å². The van der Waals surface area contributed by atoms with Gasteiger partial charge in [-0.3, -0.25) is 9.78 Å². The van der Waals surface area contributed by atoms with E-state index in [1.165, 1.54) is 22.6 Å². The molecule has 0 spiro atoms. The fourth-order valence-electron chi connectivity index (χ4n) is 6.40. The molecule has 5 rings (SSSR count). The summed E-state index contributed by atoms with van der Waals surface area (Å²) in [7, 11) is 4.26. The number of furan rings is 1. The molecule has 5 aromatic rings. The van der Waals surface area contributed by atoms with Gasteiger partial charge in [-0.25, -0.2) is 0 Å². The number of pyridine rings is 2. The Bertz CT molecular complexity index is 2010. The second kappa shape index (κ2) is 17.4. The van der Waals surface area contributed by atoms with Crippen molar-refractivity contribution >= 4 is 27.5 Å². The van der Waals surface area contributed by atoms with E-state index < -0.39 is 0 Å². The minimum Gasteiger partial charge on any atom is -0.512 e. The smallest absolute Gasteiger partial charge is 0.164 e. The van der Waals surface area contributed by atoms with E-state index in [1.807, 2.05) is 58.5 Å². The van der Waals surface area contributed by atoms with Crippen molar-refractivity contribution in [2.75, 3.05) is 0 Å². The van der Waals surface area contributed by atoms with Gasteiger partial charge in [0.05, 0.1) is 12.5 Å². The largest absolute Gasteiger partial charge is 0.512 e. The molecule has 1 radical (unpaired) electrons. The molecule has 0 fully saturated rings. The molecular formula is C46H59IrN2O3-. The maximum atomic E-state index is 12.2. The van der Waals surface area contributed by atoms with Crippen molar-refractivity contribution in [2.24, 2.45) is 16.7 Å². The number of nitrogens with zero attached hydrogens (tertiary/aromatic N) is 2. The first-order valence-electron chi connectivity index (χ1n) is 18.6. The normalized spacial score (nSPS) is 12.5. The summed E-state index contributed by atoms with van der Waals surface area (Å²) in [5, 5.41) is 13.6. The van der Waals surface area contributed by atoms with Gasteiger partial charge in [0.25, 0.3) is 0 Å². The van der Waals surface area contributed by atoms with Crippen molar-refractivity contribution in [3.8, 4) is 22.5 Å². The Hall–Kier alpha value is -3.73. The van der Waals surface area contributed by atoms with Crippen LogP contribution < -0.4 is 4.57 Å². The summed E-state index contributed by atoms with van der Waals surface area (Å²) < 4.78 is 7.84. The van der Waals surface area contributed by atoms with E-state index in [4.69, 9.17) is 9.40 Å². The predicted octanol–water partition coefficient (Wildman–Crippen LogP) is 12.2. The third-order valence-corrected chi connectivity index (χ3v) is 11.0. The SMILES string of the molecule is CCC(C)(CC)C(=O)/C=C(\O)C(C)(CC)CC.[CH2-][n+]1ccc(-c2ncc(CC(C)C)c3ccoc23)cc1-c1[c-]c2ccccc2c(C(C)(C)C)c1.[Ir]. The molecule has 0 aliphatic carbocycles. The third-order valence-electron chi connectivity index (χ3n) is 11.0. The van der Waals surface area contributed by atoms with Crippen molar-refractivity contribution in [3.63, 3.8) is 0 Å². The van der Waals surface area contributed by atoms with E-state index in [0.717, 1.165) is 71.0 Å². The number of aliphatic hydroxyl groups is 1. The summed E-state index contributed by atoms with van der Waals surface area (Å²) in [6.07, 6.45) is 11.5. The van der Waals surface area contributed by atoms with Gasteiger partial charge in [-0.1, -0.05) is 105 Å². The Balaban J connectivity index is 0.000000347. The fraction of sp³-hybridized carbons (Fsp3) is 0.435. The van der Waals surface area contributed by atoms with Crippen LogP contribution in [-0.2, 0) is 36.7 Å². The molecule has 0 aliphatic heterocycles. The zero-order valence-corrected chi connectivity index (χ0v) is 35.6. The number of ketones is 1. The van der Waals surface area contributed by atoms with E-state index in [9.17, 15) is 9.90 Å². The molecule has 6 heteroatoms. The number of hydrogen-bond acceptors (Lipinski definition) is 4. The molecule has 0 bridgehead atoms. The van der Waals surface area contributed by atoms with Crippen LogP contribution in [0, 0.1) is 29.9 Å². The molecule has 0 saturated heterocycles. The summed E-state index contributed by atoms with van der Waals surface area (Å²) in [6.45, 7) is 23.3. The van der Waals surface area contributed by atoms with Crippen LogP contribution in [0.3, 0.4) is 0 Å². The summed E-state index contributed by atoms with van der Waals surface area (Å²) in [5.41, 5.74) is 6.62. The minimum atomic E-state index is -0.337. The van der Waals surface area contributed by atoms with Gasteiger partial charge in [0.15, 0.2) is 11.4 Å². The van der Waals surface area contributed by atoms with E-state index in [2.05, 4.69) is 96.3 Å². The van der Waals surface area contributed by atoms with E-state index in [-0.39, 0.29) is 47.9 Å². The van der Waals surface area contributed by atoms with Crippen LogP contribution in [0.4, 0.5) is 0 Å². The van der Waals surface area contributed by atoms with Crippen LogP contribution in [0.2, 0.25) is 0 Å². The van der Waals surface area contributed by atoms with Crippen LogP contribution in [0.1, 0.15) is 113 Å². The number of rotatable bonds is 11. The molecule has 3 aromatic heterocycles. The van der Waals surface area contributed by atoms with E-state index >= 15 is 0 Å². The molecule has 1 N–H and O–H groups in total. The first-order chi connectivity index (χ1) is 24.0. The first-order valence-corrected chi connectivity index (χ1v) is 18.6. The average Bonchev–Trinajstić information content (AvgIpc) is 3.61. The van der Waals surface area contributed by atoms with Crippen LogP contribution in [0.15, 0.2) is 83.4 Å². The number of aliphatic hydroxyl groups excluding tert-OH is 1. The van der Waals surface area contributed by atoms with Gasteiger partial charge in [0, 0.05) is 55.6 Å². The van der Waals surface area contributed by atoms with Crippen molar-refractivity contribution in [1.29, 1.82) is 0 Å². The third kappa shape index (κ3) is 9.25. The molecule has 0 aliphatic rings. The van der Waals surface area contributed by atoms with Crippen molar-refractivity contribution in [2.45, 2.75) is 114 Å². The van der Waals surface area contributed by atoms with Crippen molar-refractivity contribution in [3.05, 3.63) is 103 Å². The summed E-state index contributed by atoms with van der Waals surface area (Å²) in [5.74, 6) is 0.841. The standard InChI is InChI=1S/C31H31N2O.C15H28O2.Ir/c1-20(2)15-24-19-32-29(30-26(24)12-14-34-30)22-11-13-33(6)28(18-22)23-16-21-9-7-8-10-25(21)27(17-23)31(3,4)5;1-7-14(5,8-2)12(16)11-13(17)15(6,9-3)10-4;/h7-14,17-20H,6,15H2,1-5H3;11,16H,7-10H2,1-6H3;/q-1;;/b;12-11-;. The van der Waals surface area contributed by atoms with Gasteiger partial charge in [0.1, 0.15) is 17.1 Å². The maximum absolute atomic E-state index is 12.2. The molecule has 3 heterocycles. The Morgan fingerprint density at radius 3 is 2.17 bits per heavy atom. The first kappa shape index (κ1) is 42.7. The van der Waals surface area contributed by atoms with Crippen LogP contribution in [0.25, 0.3) is 44.3 Å². The molecule has 52 heavy (non-hydrogen) atoms. The number of hydrogen-bond donors (Lipinski definition) is 1. The molecule has 281 valence electrons. The Morgan fingerprint density at radius 2 is 1.58 bits per heavy atom. The second-order valence-electron chi connectivity index (χ2n) is 16.0. The molecule has 0 unspecified atom stereocenters. The quantitative estimate of drug-likeness (QED) is 0.0621. The van der Waals surface area contributed by atoms with Gasteiger partial charge >= 0.3 is 0 Å². The number of allylic oxidation sites excluding steroid dienone is 2. The number of fused-ring (bicyclic) bond motifs is 2. The van der Waals surface area contributed by atoms with Crippen molar-refractivity contribution in [1.82, 2.24) is 4.98 Å². The monoisotopic (exact) mass is 880 g/mol. The topological polar surface area (TPSA) is 67.2 Å². The van der Waals surface area contributed by atoms with Crippen LogP contribution in [-0.4, -0.2) is 15.9 Å². The zero-order valence-electron chi connectivity index (χ0n) is 33.2. The van der Waals surface area contributed by atoms with E-state index in [0.29, 0.717) is 5.92 Å². The number of carbonyl (C=O) groups excluding carboxylic acids is 1. The number of carbonyl (C=O) groups is 1. The van der Waals surface area contributed by atoms with Crippen molar-refractivity contribution < 1.29 is 39.0 Å². The Morgan fingerprint density at radius 1 is 0.942 bits per heavy atom. The summed E-state index contributed by atoms with van der Waals surface area (Å²) in [4.78, 5) is 17.0. The van der Waals surface area contributed by atoms with Gasteiger partial charge < -0.3 is 14.1 Å². The van der Waals surface area contributed by atoms with Crippen LogP contribution in [0.5, 0.6) is 0 Å². The molecule has 0 saturated carbocycles. The fourth-order valence-corrected chi connectivity index (χ4v) is 6.40. The predicted molar refractivity (Wildman–Crippen MR) is 213 cm³/mol. The van der Waals surface area contributed by atoms with Gasteiger partial charge in [-0.2, -0.15) is 0 Å². The maximum Gasteiger partial charge on any atom is 0.164 e. The van der Waals surface area contributed by atoms with Gasteiger partial charge in [0.2, 0.25) is 0 Å². The number of benzene rings is 2. The number of aromatic nitrogens is 2. The molecular weight excluding hydrogens is 821 g/mol. The summed E-state index contributed by atoms with van der Waals surface area (Å²) in [6, 6.07) is 20.6. The zero-order chi connectivity index (χ0) is 37.7.